The van der Waals surface area contributed by atoms with Crippen LogP contribution < -0.4 is 10.1 Å². The Hall–Kier alpha value is -2.84. The molecular weight excluding hydrogens is 371 g/mol. The predicted octanol–water partition coefficient (Wildman–Crippen LogP) is 4.65. The first-order valence-electron chi connectivity index (χ1n) is 7.84. The minimum Gasteiger partial charge on any atom is -0.435 e. The summed E-state index contributed by atoms with van der Waals surface area (Å²) in [5.41, 5.74) is 0.210. The van der Waals surface area contributed by atoms with Crippen LogP contribution in [-0.2, 0) is 19.3 Å². The van der Waals surface area contributed by atoms with E-state index in [0.29, 0.717) is 11.1 Å². The third-order valence-electron chi connectivity index (χ3n) is 3.61. The lowest BCUT2D eigenvalue weighted by molar-refractivity contribution is -0.137. The van der Waals surface area contributed by atoms with Gasteiger partial charge in [-0.05, 0) is 35.4 Å². The van der Waals surface area contributed by atoms with Crippen LogP contribution in [0.1, 0.15) is 16.7 Å². The summed E-state index contributed by atoms with van der Waals surface area (Å²) in [4.78, 5) is 13.4. The molecule has 0 heterocycles. The van der Waals surface area contributed by atoms with Crippen molar-refractivity contribution in [2.75, 3.05) is 7.05 Å². The molecule has 2 amide bonds. The number of nitrogens with zero attached hydrogens (tertiary/aromatic N) is 1. The molecule has 0 spiro atoms. The molecule has 2 aromatic carbocycles. The van der Waals surface area contributed by atoms with Crippen molar-refractivity contribution in [2.24, 2.45) is 0 Å². The highest BCUT2D eigenvalue weighted by Gasteiger charge is 2.30. The standard InChI is InChI=1S/C18H17F5N2O2/c1-25(11-12-5-7-15(8-6-12)27-16(19)20)17(26)24-10-13-3-2-4-14(9-13)18(21,22)23/h2-9,16H,10-11H2,1H3,(H,24,26). The molecule has 0 unspecified atom stereocenters. The van der Waals surface area contributed by atoms with Crippen molar-refractivity contribution in [1.29, 1.82) is 0 Å². The first-order valence-corrected chi connectivity index (χ1v) is 7.84. The Kier molecular flexibility index (Phi) is 6.59. The van der Waals surface area contributed by atoms with Crippen LogP contribution in [0.15, 0.2) is 48.5 Å². The Balaban J connectivity index is 1.89. The quantitative estimate of drug-likeness (QED) is 0.732. The van der Waals surface area contributed by atoms with Gasteiger partial charge in [0.15, 0.2) is 0 Å². The van der Waals surface area contributed by atoms with Crippen LogP contribution in [0.2, 0.25) is 0 Å². The number of amides is 2. The van der Waals surface area contributed by atoms with E-state index in [1.807, 2.05) is 0 Å². The zero-order valence-corrected chi connectivity index (χ0v) is 14.3. The largest absolute Gasteiger partial charge is 0.435 e. The molecule has 0 aliphatic heterocycles. The van der Waals surface area contributed by atoms with Crippen LogP contribution in [0.3, 0.4) is 0 Å². The maximum absolute atomic E-state index is 12.7. The molecule has 0 aromatic heterocycles. The first-order chi connectivity index (χ1) is 12.6. The second-order valence-corrected chi connectivity index (χ2v) is 5.74. The number of halogens is 5. The molecule has 0 bridgehead atoms. The molecule has 0 fully saturated rings. The van der Waals surface area contributed by atoms with Gasteiger partial charge in [-0.3, -0.25) is 0 Å². The van der Waals surface area contributed by atoms with Crippen molar-refractivity contribution in [3.8, 4) is 5.75 Å². The maximum Gasteiger partial charge on any atom is 0.416 e. The fourth-order valence-corrected chi connectivity index (χ4v) is 2.29. The van der Waals surface area contributed by atoms with E-state index < -0.39 is 24.4 Å². The lowest BCUT2D eigenvalue weighted by atomic mass is 10.1. The highest BCUT2D eigenvalue weighted by molar-refractivity contribution is 5.73. The van der Waals surface area contributed by atoms with Crippen molar-refractivity contribution in [1.82, 2.24) is 10.2 Å². The normalized spacial score (nSPS) is 11.4. The second kappa shape index (κ2) is 8.70. The summed E-state index contributed by atoms with van der Waals surface area (Å²) in [6.45, 7) is -2.79. The van der Waals surface area contributed by atoms with Gasteiger partial charge >= 0.3 is 18.8 Å². The summed E-state index contributed by atoms with van der Waals surface area (Å²) in [5.74, 6) is 0.00500. The van der Waals surface area contributed by atoms with E-state index in [0.717, 1.165) is 12.1 Å². The second-order valence-electron chi connectivity index (χ2n) is 5.74. The number of rotatable bonds is 6. The minimum atomic E-state index is -4.45. The highest BCUT2D eigenvalue weighted by Crippen LogP contribution is 2.29. The summed E-state index contributed by atoms with van der Waals surface area (Å²) < 4.78 is 66.5. The van der Waals surface area contributed by atoms with Gasteiger partial charge in [0.05, 0.1) is 5.56 Å². The number of ether oxygens (including phenoxy) is 1. The number of carbonyl (C=O) groups excluding carboxylic acids is 1. The molecule has 2 aromatic rings. The van der Waals surface area contributed by atoms with E-state index in [4.69, 9.17) is 0 Å². The lowest BCUT2D eigenvalue weighted by Crippen LogP contribution is -2.36. The van der Waals surface area contributed by atoms with Gasteiger partial charge in [0, 0.05) is 20.1 Å². The molecular formula is C18H17F5N2O2. The molecule has 4 nitrogen and oxygen atoms in total. The molecule has 0 saturated carbocycles. The van der Waals surface area contributed by atoms with Gasteiger partial charge in [0.1, 0.15) is 5.75 Å². The van der Waals surface area contributed by atoms with E-state index in [-0.39, 0.29) is 18.8 Å². The summed E-state index contributed by atoms with van der Waals surface area (Å²) >= 11 is 0. The van der Waals surface area contributed by atoms with Crippen LogP contribution in [0.25, 0.3) is 0 Å². The SMILES string of the molecule is CN(Cc1ccc(OC(F)F)cc1)C(=O)NCc1cccc(C(F)(F)F)c1. The van der Waals surface area contributed by atoms with Gasteiger partial charge in [0.2, 0.25) is 0 Å². The van der Waals surface area contributed by atoms with Crippen molar-refractivity contribution >= 4 is 6.03 Å². The topological polar surface area (TPSA) is 41.6 Å². The van der Waals surface area contributed by atoms with Gasteiger partial charge in [-0.2, -0.15) is 22.0 Å². The van der Waals surface area contributed by atoms with Crippen molar-refractivity contribution in [2.45, 2.75) is 25.9 Å². The monoisotopic (exact) mass is 388 g/mol. The van der Waals surface area contributed by atoms with Gasteiger partial charge in [-0.1, -0.05) is 24.3 Å². The molecule has 0 saturated heterocycles. The number of hydrogen-bond donors (Lipinski definition) is 1. The number of hydrogen-bond acceptors (Lipinski definition) is 2. The van der Waals surface area contributed by atoms with E-state index >= 15 is 0 Å². The minimum absolute atomic E-state index is 0.00500. The lowest BCUT2D eigenvalue weighted by Gasteiger charge is -2.18. The first kappa shape index (κ1) is 20.5. The third-order valence-corrected chi connectivity index (χ3v) is 3.61. The summed E-state index contributed by atoms with van der Waals surface area (Å²) in [7, 11) is 1.50. The fourth-order valence-electron chi connectivity index (χ4n) is 2.29. The average molecular weight is 388 g/mol. The molecule has 27 heavy (non-hydrogen) atoms. The summed E-state index contributed by atoms with van der Waals surface area (Å²) in [6.07, 6.45) is -4.45. The fraction of sp³-hybridized carbons (Fsp3) is 0.278. The van der Waals surface area contributed by atoms with Gasteiger partial charge in [0.25, 0.3) is 0 Å². The number of alkyl halides is 5. The molecule has 0 aliphatic rings. The van der Waals surface area contributed by atoms with Crippen LogP contribution >= 0.6 is 0 Å². The number of nitrogens with one attached hydrogen (secondary N) is 1. The number of urea groups is 1. The van der Waals surface area contributed by atoms with Gasteiger partial charge in [-0.15, -0.1) is 0 Å². The van der Waals surface area contributed by atoms with E-state index in [1.54, 1.807) is 0 Å². The molecule has 2 rings (SSSR count). The smallest absolute Gasteiger partial charge is 0.416 e. The summed E-state index contributed by atoms with van der Waals surface area (Å²) in [5, 5.41) is 2.53. The van der Waals surface area contributed by atoms with Crippen LogP contribution in [-0.4, -0.2) is 24.6 Å². The molecule has 0 atom stereocenters. The van der Waals surface area contributed by atoms with Crippen LogP contribution in [0.4, 0.5) is 26.7 Å². The van der Waals surface area contributed by atoms with E-state index in [2.05, 4.69) is 10.1 Å². The third kappa shape index (κ3) is 6.43. The van der Waals surface area contributed by atoms with Crippen molar-refractivity contribution in [3.63, 3.8) is 0 Å². The van der Waals surface area contributed by atoms with Crippen LogP contribution in [0.5, 0.6) is 5.75 Å². The van der Waals surface area contributed by atoms with Gasteiger partial charge in [-0.25, -0.2) is 4.79 Å². The Morgan fingerprint density at radius 2 is 1.78 bits per heavy atom. The van der Waals surface area contributed by atoms with Crippen molar-refractivity contribution < 1.29 is 31.5 Å². The zero-order valence-electron chi connectivity index (χ0n) is 14.3. The highest BCUT2D eigenvalue weighted by atomic mass is 19.4. The molecule has 0 aliphatic carbocycles. The Labute approximate surface area is 152 Å². The van der Waals surface area contributed by atoms with Crippen LogP contribution in [0, 0.1) is 0 Å². The molecule has 9 heteroatoms. The van der Waals surface area contributed by atoms with Gasteiger partial charge < -0.3 is 15.0 Å². The number of benzene rings is 2. The Bertz CT molecular complexity index is 763. The van der Waals surface area contributed by atoms with Crippen molar-refractivity contribution in [3.05, 3.63) is 65.2 Å². The molecule has 0 radical (unpaired) electrons. The number of carbonyl (C=O) groups is 1. The average Bonchev–Trinajstić information content (AvgIpc) is 2.60. The molecule has 1 N–H and O–H groups in total. The maximum atomic E-state index is 12.7. The van der Waals surface area contributed by atoms with E-state index in [1.165, 1.54) is 48.3 Å². The summed E-state index contributed by atoms with van der Waals surface area (Å²) in [6, 6.07) is 9.99. The Morgan fingerprint density at radius 3 is 2.37 bits per heavy atom. The van der Waals surface area contributed by atoms with E-state index in [9.17, 15) is 26.7 Å². The predicted molar refractivity (Wildman–Crippen MR) is 88.2 cm³/mol. The zero-order chi connectivity index (χ0) is 20.0. The molecule has 146 valence electrons. The Morgan fingerprint density at radius 1 is 1.11 bits per heavy atom.